The third-order valence-corrected chi connectivity index (χ3v) is 3.34. The molecule has 17 heavy (non-hydrogen) atoms. The summed E-state index contributed by atoms with van der Waals surface area (Å²) in [7, 11) is 1.75. The first-order valence-electron chi connectivity index (χ1n) is 6.40. The van der Waals surface area contributed by atoms with Crippen LogP contribution < -0.4 is 10.6 Å². The number of nitrogens with one attached hydrogen (secondary N) is 2. The highest BCUT2D eigenvalue weighted by Crippen LogP contribution is 2.11. The van der Waals surface area contributed by atoms with Gasteiger partial charge in [-0.25, -0.2) is 0 Å². The van der Waals surface area contributed by atoms with Gasteiger partial charge in [-0.2, -0.15) is 0 Å². The number of ether oxygens (including phenoxy) is 1. The van der Waals surface area contributed by atoms with E-state index in [1.165, 1.54) is 24.0 Å². The number of hydrogen-bond donors (Lipinski definition) is 2. The van der Waals surface area contributed by atoms with Crippen LogP contribution in [-0.4, -0.2) is 26.2 Å². The van der Waals surface area contributed by atoms with Crippen molar-refractivity contribution in [3.05, 3.63) is 35.4 Å². The first-order chi connectivity index (χ1) is 8.40. The molecule has 1 fully saturated rings. The summed E-state index contributed by atoms with van der Waals surface area (Å²) in [5, 5.41) is 7.03. The summed E-state index contributed by atoms with van der Waals surface area (Å²) in [6.07, 6.45) is 2.46. The number of benzene rings is 1. The van der Waals surface area contributed by atoms with Crippen LogP contribution in [0.25, 0.3) is 0 Å². The van der Waals surface area contributed by atoms with Crippen molar-refractivity contribution >= 4 is 0 Å². The lowest BCUT2D eigenvalue weighted by molar-refractivity contribution is 0.184. The molecular formula is C14H22N2O. The SMILES string of the molecule is COCc1ccccc1CNC1CCNCC1. The maximum atomic E-state index is 5.22. The molecule has 0 spiro atoms. The van der Waals surface area contributed by atoms with Gasteiger partial charge in [-0.3, -0.25) is 0 Å². The van der Waals surface area contributed by atoms with E-state index in [2.05, 4.69) is 34.9 Å². The molecule has 1 aliphatic rings. The summed E-state index contributed by atoms with van der Waals surface area (Å²) in [6.45, 7) is 3.92. The molecule has 2 N–H and O–H groups in total. The highest BCUT2D eigenvalue weighted by atomic mass is 16.5. The lowest BCUT2D eigenvalue weighted by Gasteiger charge is -2.24. The zero-order valence-electron chi connectivity index (χ0n) is 10.5. The molecule has 0 radical (unpaired) electrons. The van der Waals surface area contributed by atoms with Crippen molar-refractivity contribution in [2.24, 2.45) is 0 Å². The van der Waals surface area contributed by atoms with Gasteiger partial charge in [-0.1, -0.05) is 24.3 Å². The Morgan fingerprint density at radius 3 is 2.65 bits per heavy atom. The van der Waals surface area contributed by atoms with Gasteiger partial charge in [0.25, 0.3) is 0 Å². The molecule has 2 rings (SSSR count). The van der Waals surface area contributed by atoms with Gasteiger partial charge in [0.2, 0.25) is 0 Å². The predicted octanol–water partition coefficient (Wildman–Crippen LogP) is 1.67. The third kappa shape index (κ3) is 3.80. The molecular weight excluding hydrogens is 212 g/mol. The third-order valence-electron chi connectivity index (χ3n) is 3.34. The van der Waals surface area contributed by atoms with Gasteiger partial charge in [0.1, 0.15) is 0 Å². The normalized spacial score (nSPS) is 17.2. The topological polar surface area (TPSA) is 33.3 Å². The van der Waals surface area contributed by atoms with Gasteiger partial charge in [-0.05, 0) is 37.1 Å². The van der Waals surface area contributed by atoms with Crippen molar-refractivity contribution in [2.45, 2.75) is 32.0 Å². The van der Waals surface area contributed by atoms with Crippen molar-refractivity contribution in [3.63, 3.8) is 0 Å². The lowest BCUT2D eigenvalue weighted by Crippen LogP contribution is -2.39. The van der Waals surface area contributed by atoms with Crippen molar-refractivity contribution in [2.75, 3.05) is 20.2 Å². The highest BCUT2D eigenvalue weighted by Gasteiger charge is 2.12. The van der Waals surface area contributed by atoms with Gasteiger partial charge in [0.05, 0.1) is 6.61 Å². The summed E-state index contributed by atoms with van der Waals surface area (Å²) in [6, 6.07) is 9.15. The van der Waals surface area contributed by atoms with Gasteiger partial charge < -0.3 is 15.4 Å². The van der Waals surface area contributed by atoms with Crippen molar-refractivity contribution in [1.29, 1.82) is 0 Å². The second-order valence-corrected chi connectivity index (χ2v) is 4.61. The number of piperidine rings is 1. The quantitative estimate of drug-likeness (QED) is 0.813. The smallest absolute Gasteiger partial charge is 0.0716 e. The minimum absolute atomic E-state index is 0.659. The Balaban J connectivity index is 1.88. The molecule has 3 nitrogen and oxygen atoms in total. The lowest BCUT2D eigenvalue weighted by atomic mass is 10.0. The van der Waals surface area contributed by atoms with E-state index < -0.39 is 0 Å². The molecule has 1 aromatic rings. The van der Waals surface area contributed by atoms with E-state index in [1.807, 2.05) is 0 Å². The summed E-state index contributed by atoms with van der Waals surface area (Å²) in [5.74, 6) is 0. The summed E-state index contributed by atoms with van der Waals surface area (Å²) in [5.41, 5.74) is 2.64. The number of methoxy groups -OCH3 is 1. The van der Waals surface area contributed by atoms with Crippen molar-refractivity contribution in [3.8, 4) is 0 Å². The molecule has 0 aromatic heterocycles. The summed E-state index contributed by atoms with van der Waals surface area (Å²) < 4.78 is 5.22. The Kier molecular flexibility index (Phi) is 4.98. The second kappa shape index (κ2) is 6.74. The molecule has 94 valence electrons. The molecule has 0 aliphatic carbocycles. The molecule has 0 bridgehead atoms. The maximum absolute atomic E-state index is 5.22. The predicted molar refractivity (Wildman–Crippen MR) is 69.9 cm³/mol. The fourth-order valence-corrected chi connectivity index (χ4v) is 2.31. The van der Waals surface area contributed by atoms with Crippen LogP contribution in [0.4, 0.5) is 0 Å². The first kappa shape index (κ1) is 12.6. The average Bonchev–Trinajstić information content (AvgIpc) is 2.39. The van der Waals surface area contributed by atoms with E-state index in [9.17, 15) is 0 Å². The van der Waals surface area contributed by atoms with E-state index >= 15 is 0 Å². The van der Waals surface area contributed by atoms with Crippen molar-refractivity contribution < 1.29 is 4.74 Å². The minimum Gasteiger partial charge on any atom is -0.380 e. The van der Waals surface area contributed by atoms with Crippen LogP contribution in [0.1, 0.15) is 24.0 Å². The van der Waals surface area contributed by atoms with Gasteiger partial charge >= 0.3 is 0 Å². The number of rotatable bonds is 5. The first-order valence-corrected chi connectivity index (χ1v) is 6.40. The van der Waals surface area contributed by atoms with Crippen LogP contribution in [0.2, 0.25) is 0 Å². The van der Waals surface area contributed by atoms with E-state index in [1.54, 1.807) is 7.11 Å². The largest absolute Gasteiger partial charge is 0.380 e. The molecule has 0 unspecified atom stereocenters. The number of hydrogen-bond acceptors (Lipinski definition) is 3. The Morgan fingerprint density at radius 2 is 1.94 bits per heavy atom. The Bertz CT molecular complexity index is 335. The fourth-order valence-electron chi connectivity index (χ4n) is 2.31. The minimum atomic E-state index is 0.659. The fraction of sp³-hybridized carbons (Fsp3) is 0.571. The Labute approximate surface area is 104 Å². The van der Waals surface area contributed by atoms with Crippen LogP contribution in [0.5, 0.6) is 0 Å². The van der Waals surface area contributed by atoms with Crippen LogP contribution in [0.15, 0.2) is 24.3 Å². The molecule has 0 amide bonds. The van der Waals surface area contributed by atoms with E-state index in [0.717, 1.165) is 19.6 Å². The summed E-state index contributed by atoms with van der Waals surface area (Å²) in [4.78, 5) is 0. The standard InChI is InChI=1S/C14H22N2O/c1-17-11-13-5-3-2-4-12(13)10-16-14-6-8-15-9-7-14/h2-5,14-16H,6-11H2,1H3. The molecule has 0 saturated carbocycles. The van der Waals surface area contributed by atoms with Gasteiger partial charge in [0.15, 0.2) is 0 Å². The van der Waals surface area contributed by atoms with Crippen LogP contribution in [0, 0.1) is 0 Å². The monoisotopic (exact) mass is 234 g/mol. The van der Waals surface area contributed by atoms with Gasteiger partial charge in [-0.15, -0.1) is 0 Å². The molecule has 0 atom stereocenters. The molecule has 1 saturated heterocycles. The zero-order chi connectivity index (χ0) is 11.9. The van der Waals surface area contributed by atoms with E-state index in [0.29, 0.717) is 12.6 Å². The van der Waals surface area contributed by atoms with Crippen LogP contribution in [0.3, 0.4) is 0 Å². The zero-order valence-corrected chi connectivity index (χ0v) is 10.5. The second-order valence-electron chi connectivity index (χ2n) is 4.61. The molecule has 3 heteroatoms. The van der Waals surface area contributed by atoms with Crippen LogP contribution in [-0.2, 0) is 17.9 Å². The van der Waals surface area contributed by atoms with Crippen LogP contribution >= 0.6 is 0 Å². The molecule has 1 aromatic carbocycles. The average molecular weight is 234 g/mol. The van der Waals surface area contributed by atoms with Gasteiger partial charge in [0, 0.05) is 19.7 Å². The molecule has 1 heterocycles. The Morgan fingerprint density at radius 1 is 1.24 bits per heavy atom. The Hall–Kier alpha value is -0.900. The highest BCUT2D eigenvalue weighted by molar-refractivity contribution is 5.26. The van der Waals surface area contributed by atoms with Crippen molar-refractivity contribution in [1.82, 2.24) is 10.6 Å². The van der Waals surface area contributed by atoms with E-state index in [4.69, 9.17) is 4.74 Å². The molecule has 1 aliphatic heterocycles. The van der Waals surface area contributed by atoms with E-state index in [-0.39, 0.29) is 0 Å². The maximum Gasteiger partial charge on any atom is 0.0716 e. The summed E-state index contributed by atoms with van der Waals surface area (Å²) >= 11 is 0.